The maximum Gasteiger partial charge on any atom is 0.350 e. The van der Waals surface area contributed by atoms with Gasteiger partial charge in [0.2, 0.25) is 0 Å². The lowest BCUT2D eigenvalue weighted by molar-refractivity contribution is 0.0531. The number of aryl methyl sites for hydroxylation is 1. The van der Waals surface area contributed by atoms with Crippen LogP contribution in [0.1, 0.15) is 29.2 Å². The van der Waals surface area contributed by atoms with E-state index in [-0.39, 0.29) is 18.5 Å². The van der Waals surface area contributed by atoms with Gasteiger partial charge in [-0.05, 0) is 42.5 Å². The summed E-state index contributed by atoms with van der Waals surface area (Å²) in [6.07, 6.45) is 1.47. The first-order chi connectivity index (χ1) is 13.5. The first kappa shape index (κ1) is 19.9. The van der Waals surface area contributed by atoms with Gasteiger partial charge < -0.3 is 14.6 Å². The number of benzene rings is 1. The summed E-state index contributed by atoms with van der Waals surface area (Å²) in [5.41, 5.74) is 2.06. The summed E-state index contributed by atoms with van der Waals surface area (Å²) in [5.74, 6) is 0.202. The zero-order chi connectivity index (χ0) is 20.1. The fourth-order valence-electron chi connectivity index (χ4n) is 2.41. The van der Waals surface area contributed by atoms with Crippen molar-refractivity contribution < 1.29 is 19.4 Å². The maximum atomic E-state index is 12.1. The summed E-state index contributed by atoms with van der Waals surface area (Å²) >= 11 is 1.27. The van der Waals surface area contributed by atoms with E-state index in [1.807, 2.05) is 19.1 Å². The predicted molar refractivity (Wildman–Crippen MR) is 103 cm³/mol. The first-order valence-electron chi connectivity index (χ1n) is 8.79. The van der Waals surface area contributed by atoms with Crippen LogP contribution >= 0.6 is 11.3 Å². The Morgan fingerprint density at radius 1 is 1.39 bits per heavy atom. The van der Waals surface area contributed by atoms with Crippen molar-refractivity contribution in [2.24, 2.45) is 5.92 Å². The molecule has 2 aromatic heterocycles. The van der Waals surface area contributed by atoms with Crippen molar-refractivity contribution in [1.82, 2.24) is 25.2 Å². The smallest absolute Gasteiger partial charge is 0.350 e. The number of ether oxygens (including phenoxy) is 2. The highest BCUT2D eigenvalue weighted by Crippen LogP contribution is 2.33. The Hall–Kier alpha value is -2.85. The summed E-state index contributed by atoms with van der Waals surface area (Å²) in [6.45, 7) is 6.14. The molecule has 0 saturated carbocycles. The van der Waals surface area contributed by atoms with Crippen molar-refractivity contribution in [3.63, 3.8) is 0 Å². The molecule has 9 nitrogen and oxygen atoms in total. The summed E-state index contributed by atoms with van der Waals surface area (Å²) < 4.78 is 12.4. The fraction of sp³-hybridized carbons (Fsp3) is 0.389. The number of carbonyl (C=O) groups is 1. The first-order valence-corrected chi connectivity index (χ1v) is 9.61. The Balaban J connectivity index is 1.96. The molecule has 1 atom stereocenters. The Morgan fingerprint density at radius 2 is 2.21 bits per heavy atom. The highest BCUT2D eigenvalue weighted by molar-refractivity contribution is 7.17. The van der Waals surface area contributed by atoms with Crippen LogP contribution in [0.2, 0.25) is 0 Å². The van der Waals surface area contributed by atoms with Gasteiger partial charge in [0.05, 0.1) is 18.9 Å². The molecule has 3 aromatic rings. The standard InChI is InChI=1S/C18H21N5O4S/c1-4-26-18(25)16-12(3)20-17(28-16)13-5-6-15(27-9-11(2)8-24)14(7-13)23-10-19-21-22-23/h5-7,10-11,24H,4,8-9H2,1-3H3. The Morgan fingerprint density at radius 3 is 2.89 bits per heavy atom. The van der Waals surface area contributed by atoms with Crippen LogP contribution in [0.5, 0.6) is 5.75 Å². The molecule has 0 aliphatic heterocycles. The Bertz CT molecular complexity index is 942. The molecule has 0 spiro atoms. The molecule has 0 amide bonds. The second-order valence-electron chi connectivity index (χ2n) is 6.19. The molecule has 0 fully saturated rings. The van der Waals surface area contributed by atoms with Gasteiger partial charge in [0.1, 0.15) is 27.6 Å². The third-order valence-corrected chi connectivity index (χ3v) is 5.08. The lowest BCUT2D eigenvalue weighted by atomic mass is 10.2. The van der Waals surface area contributed by atoms with Crippen molar-refractivity contribution >= 4 is 17.3 Å². The molecule has 10 heteroatoms. The van der Waals surface area contributed by atoms with Gasteiger partial charge in [0, 0.05) is 18.1 Å². The van der Waals surface area contributed by atoms with Gasteiger partial charge in [-0.25, -0.2) is 9.78 Å². The number of esters is 1. The van der Waals surface area contributed by atoms with E-state index in [1.165, 1.54) is 22.3 Å². The van der Waals surface area contributed by atoms with Gasteiger partial charge >= 0.3 is 5.97 Å². The third kappa shape index (κ3) is 4.34. The summed E-state index contributed by atoms with van der Waals surface area (Å²) in [4.78, 5) is 17.1. The molecule has 3 rings (SSSR count). The number of nitrogens with zero attached hydrogens (tertiary/aromatic N) is 5. The van der Waals surface area contributed by atoms with Crippen molar-refractivity contribution in [1.29, 1.82) is 0 Å². The summed E-state index contributed by atoms with van der Waals surface area (Å²) in [7, 11) is 0. The average molecular weight is 403 g/mol. The number of thiazole rings is 1. The van der Waals surface area contributed by atoms with Crippen molar-refractivity contribution in [3.05, 3.63) is 35.1 Å². The van der Waals surface area contributed by atoms with E-state index in [2.05, 4.69) is 20.5 Å². The molecule has 1 aromatic carbocycles. The Labute approximate surface area is 165 Å². The number of hydrogen-bond donors (Lipinski definition) is 1. The number of tetrazole rings is 1. The molecular formula is C18H21N5O4S. The molecule has 1 unspecified atom stereocenters. The van der Waals surface area contributed by atoms with Crippen LogP contribution in [-0.2, 0) is 4.74 Å². The van der Waals surface area contributed by atoms with Gasteiger partial charge in [-0.3, -0.25) is 0 Å². The van der Waals surface area contributed by atoms with Crippen molar-refractivity contribution in [3.8, 4) is 22.0 Å². The van der Waals surface area contributed by atoms with E-state index in [0.29, 0.717) is 40.2 Å². The molecular weight excluding hydrogens is 382 g/mol. The van der Waals surface area contributed by atoms with E-state index in [1.54, 1.807) is 19.9 Å². The molecule has 2 heterocycles. The quantitative estimate of drug-likeness (QED) is 0.570. The second-order valence-corrected chi connectivity index (χ2v) is 7.19. The third-order valence-electron chi connectivity index (χ3n) is 3.89. The number of aliphatic hydroxyl groups is 1. The van der Waals surface area contributed by atoms with Gasteiger partial charge in [-0.2, -0.15) is 4.68 Å². The predicted octanol–water partition coefficient (Wildman–Crippen LogP) is 2.28. The van der Waals surface area contributed by atoms with E-state index < -0.39 is 0 Å². The SMILES string of the molecule is CCOC(=O)c1sc(-c2ccc(OCC(C)CO)c(-n3cnnn3)c2)nc1C. The van der Waals surface area contributed by atoms with Crippen molar-refractivity contribution in [2.45, 2.75) is 20.8 Å². The summed E-state index contributed by atoms with van der Waals surface area (Å²) in [5, 5.41) is 21.2. The Kier molecular flexibility index (Phi) is 6.32. The topological polar surface area (TPSA) is 112 Å². The molecule has 0 radical (unpaired) electrons. The van der Waals surface area contributed by atoms with Crippen LogP contribution in [0, 0.1) is 12.8 Å². The van der Waals surface area contributed by atoms with Gasteiger partial charge in [-0.1, -0.05) is 6.92 Å². The number of aliphatic hydroxyl groups excluding tert-OH is 1. The lowest BCUT2D eigenvalue weighted by Gasteiger charge is -2.14. The van der Waals surface area contributed by atoms with Crippen LogP contribution in [0.15, 0.2) is 24.5 Å². The zero-order valence-corrected chi connectivity index (χ0v) is 16.6. The molecule has 148 valence electrons. The molecule has 1 N–H and O–H groups in total. The van der Waals surface area contributed by atoms with Crippen LogP contribution in [0.25, 0.3) is 16.3 Å². The largest absolute Gasteiger partial charge is 0.491 e. The van der Waals surface area contributed by atoms with Crippen LogP contribution in [0.4, 0.5) is 0 Å². The second kappa shape index (κ2) is 8.89. The minimum absolute atomic E-state index is 0.00449. The number of carbonyl (C=O) groups excluding carboxylic acids is 1. The molecule has 0 saturated heterocycles. The lowest BCUT2D eigenvalue weighted by Crippen LogP contribution is -2.13. The minimum atomic E-state index is -0.373. The minimum Gasteiger partial charge on any atom is -0.491 e. The van der Waals surface area contributed by atoms with E-state index in [4.69, 9.17) is 9.47 Å². The number of rotatable bonds is 8. The van der Waals surface area contributed by atoms with E-state index in [9.17, 15) is 9.90 Å². The maximum absolute atomic E-state index is 12.1. The molecule has 28 heavy (non-hydrogen) atoms. The molecule has 0 aliphatic carbocycles. The molecule has 0 aliphatic rings. The van der Waals surface area contributed by atoms with Crippen LogP contribution in [0.3, 0.4) is 0 Å². The van der Waals surface area contributed by atoms with Gasteiger partial charge in [0.15, 0.2) is 0 Å². The number of aromatic nitrogens is 5. The average Bonchev–Trinajstić information content (AvgIpc) is 3.36. The van der Waals surface area contributed by atoms with Crippen LogP contribution in [-0.4, -0.2) is 56.1 Å². The van der Waals surface area contributed by atoms with E-state index in [0.717, 1.165) is 5.56 Å². The highest BCUT2D eigenvalue weighted by Gasteiger charge is 2.19. The fourth-order valence-corrected chi connectivity index (χ4v) is 3.37. The van der Waals surface area contributed by atoms with Gasteiger partial charge in [-0.15, -0.1) is 16.4 Å². The van der Waals surface area contributed by atoms with Crippen LogP contribution < -0.4 is 4.74 Å². The normalized spacial score (nSPS) is 12.0. The zero-order valence-electron chi connectivity index (χ0n) is 15.8. The summed E-state index contributed by atoms with van der Waals surface area (Å²) in [6, 6.07) is 5.51. The molecule has 0 bridgehead atoms. The number of hydrogen-bond acceptors (Lipinski definition) is 9. The van der Waals surface area contributed by atoms with Gasteiger partial charge in [0.25, 0.3) is 0 Å². The van der Waals surface area contributed by atoms with Crippen molar-refractivity contribution in [2.75, 3.05) is 19.8 Å². The monoisotopic (exact) mass is 403 g/mol. The highest BCUT2D eigenvalue weighted by atomic mass is 32.1. The van der Waals surface area contributed by atoms with E-state index >= 15 is 0 Å².